The average molecular weight is 277 g/mol. The first-order chi connectivity index (χ1) is 8.84. The van der Waals surface area contributed by atoms with E-state index in [2.05, 4.69) is 50.0 Å². The van der Waals surface area contributed by atoms with Crippen LogP contribution in [0.3, 0.4) is 0 Å². The third-order valence-electron chi connectivity index (χ3n) is 3.02. The van der Waals surface area contributed by atoms with Crippen molar-refractivity contribution in [1.82, 2.24) is 14.7 Å². The molecule has 0 aromatic carbocycles. The quantitative estimate of drug-likeness (QED) is 0.726. The van der Waals surface area contributed by atoms with E-state index >= 15 is 0 Å². The molecule has 0 unspecified atom stereocenters. The Hall–Kier alpha value is -1.17. The molecule has 0 aliphatic rings. The molecule has 0 radical (unpaired) electrons. The molecule has 3 nitrogen and oxygen atoms in total. The van der Waals surface area contributed by atoms with Gasteiger partial charge in [-0.1, -0.05) is 0 Å². The van der Waals surface area contributed by atoms with Gasteiger partial charge in [-0.2, -0.15) is 11.3 Å². The third kappa shape index (κ3) is 2.34. The molecule has 0 atom stereocenters. The number of fused-ring (bicyclic) bond motifs is 1. The van der Waals surface area contributed by atoms with Gasteiger partial charge in [-0.15, -0.1) is 11.3 Å². The lowest BCUT2D eigenvalue weighted by molar-refractivity contribution is 0.669. The summed E-state index contributed by atoms with van der Waals surface area (Å²) < 4.78 is 2.18. The Morgan fingerprint density at radius 2 is 2.33 bits per heavy atom. The van der Waals surface area contributed by atoms with Crippen molar-refractivity contribution in [3.8, 4) is 0 Å². The molecule has 0 saturated heterocycles. The average Bonchev–Trinajstić information content (AvgIpc) is 3.03. The van der Waals surface area contributed by atoms with Gasteiger partial charge in [0.1, 0.15) is 0 Å². The molecule has 0 amide bonds. The SMILES string of the molecule is Cc1nc2sccn2c1CNCCc1ccsc1. The van der Waals surface area contributed by atoms with Crippen LogP contribution >= 0.6 is 22.7 Å². The molecule has 18 heavy (non-hydrogen) atoms. The molecule has 3 aromatic heterocycles. The highest BCUT2D eigenvalue weighted by molar-refractivity contribution is 7.15. The van der Waals surface area contributed by atoms with E-state index < -0.39 is 0 Å². The molecule has 5 heteroatoms. The number of aromatic nitrogens is 2. The van der Waals surface area contributed by atoms with Gasteiger partial charge >= 0.3 is 0 Å². The minimum Gasteiger partial charge on any atom is -0.311 e. The number of thiazole rings is 1. The minimum absolute atomic E-state index is 0.883. The van der Waals surface area contributed by atoms with Crippen molar-refractivity contribution in [2.75, 3.05) is 6.54 Å². The van der Waals surface area contributed by atoms with Gasteiger partial charge in [0.15, 0.2) is 4.96 Å². The van der Waals surface area contributed by atoms with E-state index in [1.807, 2.05) is 0 Å². The molecule has 0 saturated carbocycles. The zero-order valence-electron chi connectivity index (χ0n) is 10.2. The number of thiophene rings is 1. The number of nitrogens with zero attached hydrogens (tertiary/aromatic N) is 2. The molecular weight excluding hydrogens is 262 g/mol. The van der Waals surface area contributed by atoms with E-state index in [0.29, 0.717) is 0 Å². The molecule has 0 aliphatic heterocycles. The normalized spacial score (nSPS) is 11.4. The van der Waals surface area contributed by atoms with Gasteiger partial charge in [0.2, 0.25) is 0 Å². The highest BCUT2D eigenvalue weighted by Crippen LogP contribution is 2.16. The molecular formula is C13H15N3S2. The Morgan fingerprint density at radius 1 is 1.39 bits per heavy atom. The van der Waals surface area contributed by atoms with E-state index in [1.165, 1.54) is 11.3 Å². The van der Waals surface area contributed by atoms with Crippen LogP contribution < -0.4 is 5.32 Å². The van der Waals surface area contributed by atoms with Crippen molar-refractivity contribution in [3.05, 3.63) is 45.4 Å². The van der Waals surface area contributed by atoms with Crippen molar-refractivity contribution in [3.63, 3.8) is 0 Å². The zero-order chi connectivity index (χ0) is 12.4. The molecule has 94 valence electrons. The zero-order valence-corrected chi connectivity index (χ0v) is 11.9. The maximum Gasteiger partial charge on any atom is 0.194 e. The predicted molar refractivity (Wildman–Crippen MR) is 77.5 cm³/mol. The Labute approximate surface area is 114 Å². The number of nitrogens with one attached hydrogen (secondary N) is 1. The van der Waals surface area contributed by atoms with E-state index in [1.54, 1.807) is 22.7 Å². The summed E-state index contributed by atoms with van der Waals surface area (Å²) in [6.45, 7) is 3.97. The monoisotopic (exact) mass is 277 g/mol. The smallest absolute Gasteiger partial charge is 0.194 e. The third-order valence-corrected chi connectivity index (χ3v) is 4.51. The summed E-state index contributed by atoms with van der Waals surface area (Å²) in [6, 6.07) is 2.19. The van der Waals surface area contributed by atoms with Crippen LogP contribution in [0.25, 0.3) is 4.96 Å². The fraction of sp³-hybridized carbons (Fsp3) is 0.308. The van der Waals surface area contributed by atoms with Gasteiger partial charge in [0, 0.05) is 18.1 Å². The fourth-order valence-electron chi connectivity index (χ4n) is 2.03. The molecule has 0 spiro atoms. The highest BCUT2D eigenvalue weighted by atomic mass is 32.1. The Bertz CT molecular complexity index is 622. The number of imidazole rings is 1. The Kier molecular flexibility index (Phi) is 3.45. The maximum absolute atomic E-state index is 4.54. The Morgan fingerprint density at radius 3 is 3.17 bits per heavy atom. The lowest BCUT2D eigenvalue weighted by Gasteiger charge is -2.04. The van der Waals surface area contributed by atoms with Crippen molar-refractivity contribution in [2.45, 2.75) is 19.9 Å². The summed E-state index contributed by atoms with van der Waals surface area (Å²) in [5.41, 5.74) is 3.82. The van der Waals surface area contributed by atoms with Crippen LogP contribution in [0.2, 0.25) is 0 Å². The van der Waals surface area contributed by atoms with Gasteiger partial charge in [0.05, 0.1) is 11.4 Å². The molecule has 3 rings (SSSR count). The molecule has 0 bridgehead atoms. The van der Waals surface area contributed by atoms with Crippen molar-refractivity contribution in [1.29, 1.82) is 0 Å². The summed E-state index contributed by atoms with van der Waals surface area (Å²) in [5, 5.41) is 9.92. The van der Waals surface area contributed by atoms with E-state index in [9.17, 15) is 0 Å². The number of rotatable bonds is 5. The topological polar surface area (TPSA) is 29.3 Å². The highest BCUT2D eigenvalue weighted by Gasteiger charge is 2.08. The first kappa shape index (κ1) is 11.9. The second-order valence-electron chi connectivity index (χ2n) is 4.26. The molecule has 1 N–H and O–H groups in total. The van der Waals surface area contributed by atoms with Crippen LogP contribution in [0.5, 0.6) is 0 Å². The summed E-state index contributed by atoms with van der Waals surface area (Å²) in [5.74, 6) is 0. The molecule has 3 heterocycles. The van der Waals surface area contributed by atoms with Crippen LogP contribution in [0.4, 0.5) is 0 Å². The lowest BCUT2D eigenvalue weighted by Crippen LogP contribution is -2.18. The van der Waals surface area contributed by atoms with Gasteiger partial charge in [-0.25, -0.2) is 4.98 Å². The molecule has 0 aliphatic carbocycles. The van der Waals surface area contributed by atoms with Crippen LogP contribution in [-0.2, 0) is 13.0 Å². The first-order valence-corrected chi connectivity index (χ1v) is 7.79. The van der Waals surface area contributed by atoms with E-state index in [0.717, 1.165) is 30.2 Å². The largest absolute Gasteiger partial charge is 0.311 e. The number of hydrogen-bond donors (Lipinski definition) is 1. The van der Waals surface area contributed by atoms with Gasteiger partial charge in [-0.3, -0.25) is 4.40 Å². The van der Waals surface area contributed by atoms with Crippen LogP contribution in [-0.4, -0.2) is 15.9 Å². The summed E-state index contributed by atoms with van der Waals surface area (Å²) in [7, 11) is 0. The first-order valence-electron chi connectivity index (χ1n) is 5.97. The standard InChI is InChI=1S/C13H15N3S2/c1-10-12(16-5-7-18-13(16)15-10)8-14-4-2-11-3-6-17-9-11/h3,5-7,9,14H,2,4,8H2,1H3. The second-order valence-corrected chi connectivity index (χ2v) is 5.91. The molecule has 3 aromatic rings. The Balaban J connectivity index is 1.59. The van der Waals surface area contributed by atoms with Crippen LogP contribution in [0.1, 0.15) is 17.0 Å². The summed E-state index contributed by atoms with van der Waals surface area (Å²) in [6.07, 6.45) is 3.18. The van der Waals surface area contributed by atoms with E-state index in [-0.39, 0.29) is 0 Å². The second kappa shape index (κ2) is 5.22. The van der Waals surface area contributed by atoms with Crippen molar-refractivity contribution in [2.24, 2.45) is 0 Å². The lowest BCUT2D eigenvalue weighted by atomic mass is 10.2. The maximum atomic E-state index is 4.54. The molecule has 0 fully saturated rings. The van der Waals surface area contributed by atoms with Gasteiger partial charge in [-0.05, 0) is 42.3 Å². The summed E-state index contributed by atoms with van der Waals surface area (Å²) in [4.78, 5) is 5.63. The van der Waals surface area contributed by atoms with Crippen LogP contribution in [0, 0.1) is 6.92 Å². The fourth-order valence-corrected chi connectivity index (χ4v) is 3.51. The minimum atomic E-state index is 0.883. The van der Waals surface area contributed by atoms with Crippen molar-refractivity contribution < 1.29 is 0 Å². The van der Waals surface area contributed by atoms with Crippen LogP contribution in [0.15, 0.2) is 28.4 Å². The number of hydrogen-bond acceptors (Lipinski definition) is 4. The van der Waals surface area contributed by atoms with Crippen molar-refractivity contribution >= 4 is 27.6 Å². The van der Waals surface area contributed by atoms with E-state index in [4.69, 9.17) is 0 Å². The van der Waals surface area contributed by atoms with Gasteiger partial charge in [0.25, 0.3) is 0 Å². The summed E-state index contributed by atoms with van der Waals surface area (Å²) >= 11 is 3.45. The predicted octanol–water partition coefficient (Wildman–Crippen LogP) is 3.10. The number of aryl methyl sites for hydroxylation is 1. The van der Waals surface area contributed by atoms with Gasteiger partial charge < -0.3 is 5.32 Å².